The van der Waals surface area contributed by atoms with Crippen LogP contribution in [-0.4, -0.2) is 18.2 Å². The molecule has 0 radical (unpaired) electrons. The molecule has 1 aromatic heterocycles. The summed E-state index contributed by atoms with van der Waals surface area (Å²) >= 11 is 0. The minimum Gasteiger partial charge on any atom is -0.379 e. The molecule has 17 heavy (non-hydrogen) atoms. The SMILES string of the molecule is N#CCCC1(c2c[nH]c3ccccc23)COC1. The molecule has 0 bridgehead atoms. The number of hydrogen-bond donors (Lipinski definition) is 1. The first-order valence-corrected chi connectivity index (χ1v) is 5.87. The molecule has 0 saturated carbocycles. The van der Waals surface area contributed by atoms with Crippen LogP contribution in [0.15, 0.2) is 30.5 Å². The quantitative estimate of drug-likeness (QED) is 0.874. The van der Waals surface area contributed by atoms with Crippen LogP contribution in [0.25, 0.3) is 10.9 Å². The zero-order valence-corrected chi connectivity index (χ0v) is 9.57. The number of nitriles is 1. The summed E-state index contributed by atoms with van der Waals surface area (Å²) in [6.07, 6.45) is 3.54. The summed E-state index contributed by atoms with van der Waals surface area (Å²) in [6.45, 7) is 1.47. The zero-order chi connectivity index (χ0) is 11.7. The molecule has 0 atom stereocenters. The normalized spacial score (nSPS) is 17.6. The van der Waals surface area contributed by atoms with Crippen LogP contribution >= 0.6 is 0 Å². The van der Waals surface area contributed by atoms with E-state index in [2.05, 4.69) is 35.4 Å². The van der Waals surface area contributed by atoms with Crippen LogP contribution in [0.2, 0.25) is 0 Å². The Balaban J connectivity index is 2.04. The molecule has 2 aromatic rings. The molecule has 1 aromatic carbocycles. The fraction of sp³-hybridized carbons (Fsp3) is 0.357. The molecule has 1 saturated heterocycles. The molecule has 0 unspecified atom stereocenters. The number of rotatable bonds is 3. The maximum atomic E-state index is 8.76. The van der Waals surface area contributed by atoms with Crippen LogP contribution < -0.4 is 0 Å². The van der Waals surface area contributed by atoms with E-state index in [4.69, 9.17) is 10.00 Å². The van der Waals surface area contributed by atoms with Crippen molar-refractivity contribution in [2.75, 3.05) is 13.2 Å². The highest BCUT2D eigenvalue weighted by Gasteiger charge is 2.41. The summed E-state index contributed by atoms with van der Waals surface area (Å²) < 4.78 is 5.38. The minimum absolute atomic E-state index is 0.0509. The van der Waals surface area contributed by atoms with Crippen molar-refractivity contribution in [2.45, 2.75) is 18.3 Å². The molecule has 3 rings (SSSR count). The van der Waals surface area contributed by atoms with E-state index < -0.39 is 0 Å². The maximum absolute atomic E-state index is 8.76. The number of nitrogens with zero attached hydrogens (tertiary/aromatic N) is 1. The summed E-state index contributed by atoms with van der Waals surface area (Å²) in [5.41, 5.74) is 2.51. The first-order valence-electron chi connectivity index (χ1n) is 5.87. The second kappa shape index (κ2) is 3.90. The first kappa shape index (κ1) is 10.4. The smallest absolute Gasteiger partial charge is 0.0622 e. The van der Waals surface area contributed by atoms with Crippen molar-refractivity contribution >= 4 is 10.9 Å². The molecule has 86 valence electrons. The molecule has 1 fully saturated rings. The van der Waals surface area contributed by atoms with E-state index in [-0.39, 0.29) is 5.41 Å². The van der Waals surface area contributed by atoms with Crippen LogP contribution in [0.1, 0.15) is 18.4 Å². The second-order valence-corrected chi connectivity index (χ2v) is 4.68. The van der Waals surface area contributed by atoms with E-state index in [1.165, 1.54) is 10.9 Å². The van der Waals surface area contributed by atoms with Crippen LogP contribution in [0.5, 0.6) is 0 Å². The van der Waals surface area contributed by atoms with Crippen LogP contribution in [-0.2, 0) is 10.2 Å². The summed E-state index contributed by atoms with van der Waals surface area (Å²) in [4.78, 5) is 3.30. The van der Waals surface area contributed by atoms with Crippen molar-refractivity contribution in [3.8, 4) is 6.07 Å². The predicted molar refractivity (Wildman–Crippen MR) is 65.6 cm³/mol. The van der Waals surface area contributed by atoms with E-state index in [1.54, 1.807) is 0 Å². The second-order valence-electron chi connectivity index (χ2n) is 4.68. The number of para-hydroxylation sites is 1. The van der Waals surface area contributed by atoms with Gasteiger partial charge in [-0.1, -0.05) is 18.2 Å². The third-order valence-electron chi connectivity index (χ3n) is 3.63. The van der Waals surface area contributed by atoms with Gasteiger partial charge in [-0.05, 0) is 18.1 Å². The number of fused-ring (bicyclic) bond motifs is 1. The summed E-state index contributed by atoms with van der Waals surface area (Å²) in [7, 11) is 0. The molecule has 0 spiro atoms. The first-order chi connectivity index (χ1) is 8.36. The largest absolute Gasteiger partial charge is 0.379 e. The van der Waals surface area contributed by atoms with Gasteiger partial charge < -0.3 is 9.72 Å². The molecular weight excluding hydrogens is 212 g/mol. The molecule has 2 heterocycles. The van der Waals surface area contributed by atoms with Crippen molar-refractivity contribution in [3.05, 3.63) is 36.0 Å². The third-order valence-corrected chi connectivity index (χ3v) is 3.63. The lowest BCUT2D eigenvalue weighted by molar-refractivity contribution is -0.0629. The van der Waals surface area contributed by atoms with Gasteiger partial charge in [-0.2, -0.15) is 5.26 Å². The van der Waals surface area contributed by atoms with Gasteiger partial charge >= 0.3 is 0 Å². The van der Waals surface area contributed by atoms with Gasteiger partial charge in [0.25, 0.3) is 0 Å². The van der Waals surface area contributed by atoms with Gasteiger partial charge in [0.15, 0.2) is 0 Å². The Kier molecular flexibility index (Phi) is 2.38. The number of H-pyrrole nitrogens is 1. The number of ether oxygens (including phenoxy) is 1. The van der Waals surface area contributed by atoms with Gasteiger partial charge in [0.1, 0.15) is 0 Å². The van der Waals surface area contributed by atoms with E-state index in [9.17, 15) is 0 Å². The number of hydrogen-bond acceptors (Lipinski definition) is 2. The number of aromatic amines is 1. The van der Waals surface area contributed by atoms with Gasteiger partial charge in [0, 0.05) is 28.9 Å². The number of benzene rings is 1. The summed E-state index contributed by atoms with van der Waals surface area (Å²) in [5, 5.41) is 10.0. The fourth-order valence-electron chi connectivity index (χ4n) is 2.59. The molecule has 3 heteroatoms. The molecule has 1 aliphatic rings. The number of nitrogens with one attached hydrogen (secondary N) is 1. The van der Waals surface area contributed by atoms with Gasteiger partial charge in [-0.3, -0.25) is 0 Å². The van der Waals surface area contributed by atoms with Gasteiger partial charge in [0.2, 0.25) is 0 Å². The Labute approximate surface area is 100 Å². The third kappa shape index (κ3) is 1.53. The van der Waals surface area contributed by atoms with Gasteiger partial charge in [-0.25, -0.2) is 0 Å². The lowest BCUT2D eigenvalue weighted by Gasteiger charge is -2.41. The molecule has 3 nitrogen and oxygen atoms in total. The van der Waals surface area contributed by atoms with Crippen molar-refractivity contribution in [1.29, 1.82) is 5.26 Å². The Morgan fingerprint density at radius 2 is 2.18 bits per heavy atom. The summed E-state index contributed by atoms with van der Waals surface area (Å²) in [5.74, 6) is 0. The molecule has 0 amide bonds. The highest BCUT2D eigenvalue weighted by Crippen LogP contribution is 2.40. The molecule has 0 aliphatic carbocycles. The van der Waals surface area contributed by atoms with Crippen molar-refractivity contribution in [2.24, 2.45) is 0 Å². The van der Waals surface area contributed by atoms with Crippen LogP contribution in [0, 0.1) is 11.3 Å². The Morgan fingerprint density at radius 3 is 2.88 bits per heavy atom. The van der Waals surface area contributed by atoms with Crippen LogP contribution in [0.3, 0.4) is 0 Å². The highest BCUT2D eigenvalue weighted by molar-refractivity contribution is 5.84. The zero-order valence-electron chi connectivity index (χ0n) is 9.57. The molecular formula is C14H14N2O. The van der Waals surface area contributed by atoms with Crippen molar-refractivity contribution in [3.63, 3.8) is 0 Å². The number of aromatic nitrogens is 1. The van der Waals surface area contributed by atoms with E-state index in [1.807, 2.05) is 6.07 Å². The average molecular weight is 226 g/mol. The molecule has 1 aliphatic heterocycles. The topological polar surface area (TPSA) is 48.8 Å². The lowest BCUT2D eigenvalue weighted by Crippen LogP contribution is -2.46. The minimum atomic E-state index is 0.0509. The Morgan fingerprint density at radius 1 is 1.35 bits per heavy atom. The monoisotopic (exact) mass is 226 g/mol. The van der Waals surface area contributed by atoms with Crippen molar-refractivity contribution < 1.29 is 4.74 Å². The molecule has 1 N–H and O–H groups in total. The average Bonchev–Trinajstić information content (AvgIpc) is 2.73. The fourth-order valence-corrected chi connectivity index (χ4v) is 2.59. The summed E-state index contributed by atoms with van der Waals surface area (Å²) in [6, 6.07) is 10.5. The lowest BCUT2D eigenvalue weighted by atomic mass is 9.75. The van der Waals surface area contributed by atoms with E-state index in [0.717, 1.165) is 25.2 Å². The Bertz CT molecular complexity index is 575. The standard InChI is InChI=1S/C14H14N2O/c15-7-3-6-14(9-17-10-14)12-8-16-13-5-2-1-4-11(12)13/h1-2,4-5,8,16H,3,6,9-10H2. The van der Waals surface area contributed by atoms with Gasteiger partial charge in [0.05, 0.1) is 19.3 Å². The van der Waals surface area contributed by atoms with E-state index >= 15 is 0 Å². The highest BCUT2D eigenvalue weighted by atomic mass is 16.5. The Hall–Kier alpha value is -1.79. The predicted octanol–water partition coefficient (Wildman–Crippen LogP) is 2.74. The maximum Gasteiger partial charge on any atom is 0.0622 e. The van der Waals surface area contributed by atoms with Crippen LogP contribution in [0.4, 0.5) is 0 Å². The van der Waals surface area contributed by atoms with E-state index in [0.29, 0.717) is 6.42 Å². The van der Waals surface area contributed by atoms with Gasteiger partial charge in [-0.15, -0.1) is 0 Å². The van der Waals surface area contributed by atoms with Crippen molar-refractivity contribution in [1.82, 2.24) is 4.98 Å².